The summed E-state index contributed by atoms with van der Waals surface area (Å²) < 4.78 is 37.0. The lowest BCUT2D eigenvalue weighted by Crippen LogP contribution is -2.36. The molecule has 0 bridgehead atoms. The third-order valence-corrected chi connectivity index (χ3v) is 2.91. The van der Waals surface area contributed by atoms with Gasteiger partial charge >= 0.3 is 11.5 Å². The molecule has 1 rings (SSSR count). The number of carboxylic acid groups (broad SMARTS) is 1. The van der Waals surface area contributed by atoms with Gasteiger partial charge < -0.3 is 15.5 Å². The van der Waals surface area contributed by atoms with Crippen molar-refractivity contribution in [3.8, 4) is 0 Å². The molecule has 0 fully saturated rings. The van der Waals surface area contributed by atoms with Crippen molar-refractivity contribution in [1.82, 2.24) is 5.32 Å². The molecule has 1 aromatic carbocycles. The van der Waals surface area contributed by atoms with E-state index in [2.05, 4.69) is 5.32 Å². The number of rotatable bonds is 5. The van der Waals surface area contributed by atoms with Gasteiger partial charge in [0.1, 0.15) is 0 Å². The molecule has 0 radical (unpaired) electrons. The van der Waals surface area contributed by atoms with E-state index in [4.69, 9.17) is 10.2 Å². The van der Waals surface area contributed by atoms with E-state index < -0.39 is 41.8 Å². The van der Waals surface area contributed by atoms with Crippen molar-refractivity contribution in [3.63, 3.8) is 0 Å². The number of aliphatic hydroxyl groups is 1. The van der Waals surface area contributed by atoms with Crippen LogP contribution in [0.4, 0.5) is 13.2 Å². The molecule has 0 aromatic heterocycles. The van der Waals surface area contributed by atoms with Gasteiger partial charge in [-0.15, -0.1) is 0 Å². The van der Waals surface area contributed by atoms with Gasteiger partial charge in [-0.3, -0.25) is 4.79 Å². The number of hydrogen-bond acceptors (Lipinski definition) is 4. The van der Waals surface area contributed by atoms with E-state index >= 15 is 0 Å². The number of benzene rings is 1. The number of halogens is 3. The van der Waals surface area contributed by atoms with E-state index in [1.807, 2.05) is 0 Å². The zero-order valence-corrected chi connectivity index (χ0v) is 10.7. The number of nitrogens with one attached hydrogen (secondary N) is 1. The molecule has 9 heteroatoms. The number of alkyl halides is 3. The Morgan fingerprint density at radius 1 is 1.30 bits per heavy atom. The van der Waals surface area contributed by atoms with Crippen LogP contribution in [0.25, 0.3) is 0 Å². The highest BCUT2D eigenvalue weighted by atomic mass is 32.2. The van der Waals surface area contributed by atoms with E-state index in [9.17, 15) is 22.8 Å². The minimum atomic E-state index is -4.54. The lowest BCUT2D eigenvalue weighted by molar-refractivity contribution is -0.146. The Kier molecular flexibility index (Phi) is 5.40. The molecular formula is C11H10F3NO4S. The van der Waals surface area contributed by atoms with Gasteiger partial charge in [0.2, 0.25) is 0 Å². The van der Waals surface area contributed by atoms with Crippen LogP contribution in [0.5, 0.6) is 0 Å². The molecule has 1 amide bonds. The fourth-order valence-electron chi connectivity index (χ4n) is 1.24. The molecule has 0 spiro atoms. The zero-order chi connectivity index (χ0) is 15.3. The van der Waals surface area contributed by atoms with E-state index in [0.717, 1.165) is 6.07 Å². The molecule has 0 saturated carbocycles. The van der Waals surface area contributed by atoms with Crippen molar-refractivity contribution in [3.05, 3.63) is 29.8 Å². The van der Waals surface area contributed by atoms with Crippen LogP contribution in [0, 0.1) is 0 Å². The van der Waals surface area contributed by atoms with Crippen molar-refractivity contribution < 1.29 is 33.0 Å². The minimum absolute atomic E-state index is 0.243. The number of carbonyl (C=O) groups excluding carboxylic acids is 1. The first-order valence-electron chi connectivity index (χ1n) is 5.24. The maximum Gasteiger partial charge on any atom is 0.446 e. The van der Waals surface area contributed by atoms with Crippen LogP contribution in [0.1, 0.15) is 10.4 Å². The molecule has 0 aliphatic rings. The molecule has 0 heterocycles. The van der Waals surface area contributed by atoms with Gasteiger partial charge in [-0.1, -0.05) is 12.1 Å². The lowest BCUT2D eigenvalue weighted by Gasteiger charge is -2.12. The first-order valence-corrected chi connectivity index (χ1v) is 6.06. The summed E-state index contributed by atoms with van der Waals surface area (Å²) in [7, 11) is 0. The Balaban J connectivity index is 2.80. The monoisotopic (exact) mass is 309 g/mol. The standard InChI is InChI=1S/C11H10F3NO4S/c12-11(13,14)20-8-4-2-1-3-6(8)9(17)15-5-7(16)10(18)19/h1-4,7,16H,5H2,(H,15,17)(H,18,19)/t7-/m0/s1. The van der Waals surface area contributed by atoms with Crippen LogP contribution < -0.4 is 5.32 Å². The van der Waals surface area contributed by atoms with Crippen molar-refractivity contribution in [2.24, 2.45) is 0 Å². The van der Waals surface area contributed by atoms with Crippen molar-refractivity contribution in [1.29, 1.82) is 0 Å². The molecule has 0 aliphatic heterocycles. The Bertz CT molecular complexity index is 507. The Labute approximate surface area is 115 Å². The SMILES string of the molecule is O=C(NC[C@H](O)C(=O)O)c1ccccc1SC(F)(F)F. The second-order valence-electron chi connectivity index (χ2n) is 3.61. The Morgan fingerprint density at radius 2 is 1.90 bits per heavy atom. The Morgan fingerprint density at radius 3 is 2.45 bits per heavy atom. The highest BCUT2D eigenvalue weighted by Crippen LogP contribution is 2.38. The Hall–Kier alpha value is -1.74. The summed E-state index contributed by atoms with van der Waals surface area (Å²) in [4.78, 5) is 21.7. The maximum absolute atomic E-state index is 12.3. The van der Waals surface area contributed by atoms with Crippen LogP contribution >= 0.6 is 11.8 Å². The van der Waals surface area contributed by atoms with Crippen LogP contribution in [-0.4, -0.2) is 40.2 Å². The average molecular weight is 309 g/mol. The normalized spacial score (nSPS) is 12.8. The average Bonchev–Trinajstić information content (AvgIpc) is 2.34. The number of carboxylic acids is 1. The van der Waals surface area contributed by atoms with Crippen LogP contribution in [0.2, 0.25) is 0 Å². The second kappa shape index (κ2) is 6.62. The fourth-order valence-corrected chi connectivity index (χ4v) is 1.91. The van der Waals surface area contributed by atoms with Crippen molar-refractivity contribution in [2.75, 3.05) is 6.54 Å². The van der Waals surface area contributed by atoms with Gasteiger partial charge in [0.05, 0.1) is 12.1 Å². The number of carbonyl (C=O) groups is 2. The molecular weight excluding hydrogens is 299 g/mol. The molecule has 110 valence electrons. The molecule has 20 heavy (non-hydrogen) atoms. The lowest BCUT2D eigenvalue weighted by atomic mass is 10.2. The summed E-state index contributed by atoms with van der Waals surface area (Å²) in [6.45, 7) is -0.598. The van der Waals surface area contributed by atoms with Crippen LogP contribution in [0.15, 0.2) is 29.2 Å². The number of aliphatic hydroxyl groups excluding tert-OH is 1. The molecule has 5 nitrogen and oxygen atoms in total. The van der Waals surface area contributed by atoms with Crippen molar-refractivity contribution in [2.45, 2.75) is 16.5 Å². The first kappa shape index (κ1) is 16.3. The van der Waals surface area contributed by atoms with Gasteiger partial charge in [0.15, 0.2) is 6.10 Å². The second-order valence-corrected chi connectivity index (χ2v) is 4.71. The topological polar surface area (TPSA) is 86.6 Å². The molecule has 0 saturated heterocycles. The molecule has 1 atom stereocenters. The van der Waals surface area contributed by atoms with Gasteiger partial charge in [0.25, 0.3) is 5.91 Å². The number of aliphatic carboxylic acids is 1. The molecule has 0 unspecified atom stereocenters. The molecule has 3 N–H and O–H groups in total. The quantitative estimate of drug-likeness (QED) is 0.717. The largest absolute Gasteiger partial charge is 0.479 e. The summed E-state index contributed by atoms with van der Waals surface area (Å²) in [6, 6.07) is 5.02. The highest BCUT2D eigenvalue weighted by Gasteiger charge is 2.31. The van der Waals surface area contributed by atoms with E-state index in [1.54, 1.807) is 0 Å². The van der Waals surface area contributed by atoms with Gasteiger partial charge in [-0.2, -0.15) is 13.2 Å². The summed E-state index contributed by atoms with van der Waals surface area (Å²) in [6.07, 6.45) is -1.82. The van der Waals surface area contributed by atoms with E-state index in [1.165, 1.54) is 18.2 Å². The predicted octanol–water partition coefficient (Wildman–Crippen LogP) is 1.47. The summed E-state index contributed by atoms with van der Waals surface area (Å²) in [5, 5.41) is 19.5. The maximum atomic E-state index is 12.3. The summed E-state index contributed by atoms with van der Waals surface area (Å²) >= 11 is -0.443. The van der Waals surface area contributed by atoms with Crippen molar-refractivity contribution >= 4 is 23.6 Å². The first-order chi connectivity index (χ1) is 9.20. The van der Waals surface area contributed by atoms with E-state index in [-0.39, 0.29) is 10.5 Å². The van der Waals surface area contributed by atoms with Crippen LogP contribution in [-0.2, 0) is 4.79 Å². The highest BCUT2D eigenvalue weighted by molar-refractivity contribution is 8.00. The summed E-state index contributed by atoms with van der Waals surface area (Å²) in [5.41, 5.74) is -4.79. The fraction of sp³-hybridized carbons (Fsp3) is 0.273. The van der Waals surface area contributed by atoms with Crippen LogP contribution in [0.3, 0.4) is 0 Å². The molecule has 0 aliphatic carbocycles. The number of thioether (sulfide) groups is 1. The smallest absolute Gasteiger partial charge is 0.446 e. The number of hydrogen-bond donors (Lipinski definition) is 3. The predicted molar refractivity (Wildman–Crippen MR) is 64.3 cm³/mol. The van der Waals surface area contributed by atoms with Gasteiger partial charge in [-0.25, -0.2) is 4.79 Å². The summed E-state index contributed by atoms with van der Waals surface area (Å²) in [5.74, 6) is -2.43. The third-order valence-electron chi connectivity index (χ3n) is 2.10. The molecule has 1 aromatic rings. The minimum Gasteiger partial charge on any atom is -0.479 e. The number of amides is 1. The zero-order valence-electron chi connectivity index (χ0n) is 9.85. The van der Waals surface area contributed by atoms with Gasteiger partial charge in [-0.05, 0) is 23.9 Å². The van der Waals surface area contributed by atoms with Gasteiger partial charge in [0, 0.05) is 4.90 Å². The third kappa shape index (κ3) is 5.10. The van der Waals surface area contributed by atoms with E-state index in [0.29, 0.717) is 0 Å².